The van der Waals surface area contributed by atoms with Gasteiger partial charge in [0.25, 0.3) is 31.2 Å². The molecule has 19 nitrogen and oxygen atoms in total. The van der Waals surface area contributed by atoms with Gasteiger partial charge in [0.2, 0.25) is 11.5 Å². The highest BCUT2D eigenvalue weighted by atomic mass is 79.9. The molecule has 2 aliphatic rings. The molecule has 418 valence electrons. The molecule has 0 saturated carbocycles. The number of rotatable bonds is 13. The second-order valence-corrected chi connectivity index (χ2v) is 26.6. The summed E-state index contributed by atoms with van der Waals surface area (Å²) in [6.07, 6.45) is 1.02. The summed E-state index contributed by atoms with van der Waals surface area (Å²) in [4.78, 5) is 59.7. The number of hydrogen-bond acceptors (Lipinski definition) is 16. The van der Waals surface area contributed by atoms with Crippen LogP contribution in [0.1, 0.15) is 92.2 Å². The van der Waals surface area contributed by atoms with E-state index in [-0.39, 0.29) is 74.4 Å². The van der Waals surface area contributed by atoms with E-state index in [0.717, 1.165) is 12.7 Å². The number of fused-ring (bicyclic) bond motifs is 2. The van der Waals surface area contributed by atoms with Gasteiger partial charge >= 0.3 is 26.2 Å². The summed E-state index contributed by atoms with van der Waals surface area (Å²) in [6, 6.07) is 25.4. The first-order chi connectivity index (χ1) is 37.1. The summed E-state index contributed by atoms with van der Waals surface area (Å²) in [5.41, 5.74) is 4.23. The normalized spacial score (nSPS) is 16.7. The van der Waals surface area contributed by atoms with Crippen molar-refractivity contribution in [2.45, 2.75) is 88.7 Å². The molecule has 3 N–H and O–H groups in total. The molecule has 0 aliphatic carbocycles. The van der Waals surface area contributed by atoms with Gasteiger partial charge in [0, 0.05) is 13.1 Å². The average molecular weight is 1260 g/mol. The van der Waals surface area contributed by atoms with Crippen molar-refractivity contribution in [2.75, 3.05) is 33.5 Å². The molecular weight excluding hydrogens is 1210 g/mol. The number of amides is 1. The van der Waals surface area contributed by atoms with Crippen LogP contribution in [0.15, 0.2) is 129 Å². The largest absolute Gasteiger partial charge is 0.464 e. The van der Waals surface area contributed by atoms with Crippen molar-refractivity contribution in [1.82, 2.24) is 24.4 Å². The van der Waals surface area contributed by atoms with Crippen molar-refractivity contribution >= 4 is 78.1 Å². The van der Waals surface area contributed by atoms with Gasteiger partial charge in [0.05, 0.1) is 55.3 Å². The zero-order valence-electron chi connectivity index (χ0n) is 43.4. The van der Waals surface area contributed by atoms with E-state index in [2.05, 4.69) is 64.5 Å². The second kappa shape index (κ2) is 29.5. The maximum Gasteiger partial charge on any atom is 0.360 e. The monoisotopic (exact) mass is 1260 g/mol. The van der Waals surface area contributed by atoms with Crippen LogP contribution in [0.25, 0.3) is 0 Å². The van der Waals surface area contributed by atoms with E-state index in [1.54, 1.807) is 24.3 Å². The van der Waals surface area contributed by atoms with Crippen LogP contribution in [0.3, 0.4) is 0 Å². The summed E-state index contributed by atoms with van der Waals surface area (Å²) in [7, 11) is -7.73. The van der Waals surface area contributed by atoms with E-state index in [4.69, 9.17) is 28.3 Å². The molecule has 4 aromatic carbocycles. The Morgan fingerprint density at radius 1 is 0.667 bits per heavy atom. The standard InChI is InChI=1S/C24H23BrFN3O6S.C18H19BrN2O7S.C7H8FN.3CH3.Al/c1-2-17-13-34-14-19(25)22-28-20(23(30)27-12-15-8-10-16(26)11-9-15)21(24(31)29(17)22)35-36(32,33)18-6-4-3-5-7-18;1-3-11-9-27-10-13(19)16-20-14(18(23)26-2)15(17(22)21(11)16)28-29(24,25)12-7-5-4-6-8-12;8-7-3-1-6(5-9)2-4-7;;;;/h3-11,17,19H,2,12-14H2,1H3,(H,27,30);4-8,11,13H,3,9-10H2,1-2H3;1-4H,5,9H2;3*1H3;/t17-,19?;11-,13?;;;;;/m00...../s1. The minimum atomic E-state index is -4.46. The minimum Gasteiger partial charge on any atom is -0.464 e. The molecule has 0 fully saturated rings. The number of alkyl halides is 2. The van der Waals surface area contributed by atoms with Gasteiger partial charge in [-0.3, -0.25) is 23.5 Å². The molecule has 8 rings (SSSR count). The summed E-state index contributed by atoms with van der Waals surface area (Å²) >= 11 is 6.70. The molecule has 0 spiro atoms. The zero-order valence-corrected chi connectivity index (χ0v) is 49.4. The van der Waals surface area contributed by atoms with Gasteiger partial charge in [-0.1, -0.05) is 106 Å². The molecule has 4 heterocycles. The molecule has 2 unspecified atom stereocenters. The first-order valence-electron chi connectivity index (χ1n) is 24.4. The molecule has 2 aliphatic heterocycles. The molecule has 6 aromatic rings. The maximum absolute atomic E-state index is 13.7. The number of esters is 1. The highest BCUT2D eigenvalue weighted by Gasteiger charge is 2.36. The fourth-order valence-corrected chi connectivity index (χ4v) is 10.2. The third kappa shape index (κ3) is 16.9. The predicted octanol–water partition coefficient (Wildman–Crippen LogP) is 8.37. The third-order valence-electron chi connectivity index (χ3n) is 11.1. The van der Waals surface area contributed by atoms with Gasteiger partial charge in [0.1, 0.15) is 33.1 Å². The number of nitrogens with two attached hydrogens (primary N) is 1. The Bertz CT molecular complexity index is 3330. The van der Waals surface area contributed by atoms with Crippen LogP contribution in [-0.4, -0.2) is 95.5 Å². The van der Waals surface area contributed by atoms with Crippen molar-refractivity contribution in [1.29, 1.82) is 0 Å². The van der Waals surface area contributed by atoms with Gasteiger partial charge in [-0.15, -0.1) is 17.4 Å². The lowest BCUT2D eigenvalue weighted by molar-refractivity contribution is 0.0590. The lowest BCUT2D eigenvalue weighted by Gasteiger charge is -2.21. The molecule has 4 atom stereocenters. The Hall–Kier alpha value is -5.69. The topological polar surface area (TPSA) is 256 Å². The Balaban J connectivity index is 0.000000237. The lowest BCUT2D eigenvalue weighted by Crippen LogP contribution is -2.36. The van der Waals surface area contributed by atoms with Crippen LogP contribution in [0.4, 0.5) is 8.78 Å². The molecule has 2 aromatic heterocycles. The number of nitrogens with one attached hydrogen (secondary N) is 1. The molecular formula is C52H59AlBr2F2N6O13S2. The highest BCUT2D eigenvalue weighted by molar-refractivity contribution is 9.09. The zero-order chi connectivity index (χ0) is 57.3. The molecule has 0 saturated heterocycles. The quantitative estimate of drug-likeness (QED) is 0.0476. The van der Waals surface area contributed by atoms with Gasteiger partial charge in [-0.2, -0.15) is 16.8 Å². The van der Waals surface area contributed by atoms with Crippen LogP contribution in [0.2, 0.25) is 17.4 Å². The van der Waals surface area contributed by atoms with Crippen molar-refractivity contribution in [3.8, 4) is 11.5 Å². The van der Waals surface area contributed by atoms with E-state index in [1.165, 1.54) is 94.1 Å². The number of hydrogen-bond donors (Lipinski definition) is 2. The molecule has 78 heavy (non-hydrogen) atoms. The second-order valence-electron chi connectivity index (χ2n) is 17.8. The first kappa shape index (κ1) is 63.1. The van der Waals surface area contributed by atoms with E-state index in [9.17, 15) is 44.8 Å². The van der Waals surface area contributed by atoms with Crippen LogP contribution in [-0.2, 0) is 47.5 Å². The highest BCUT2D eigenvalue weighted by Crippen LogP contribution is 2.32. The SMILES string of the molecule is CC[C@H]1COCC(Br)c2nc(C(=O)NCc3ccc(F)cc3)c(OS(=O)(=O)c3ccccc3)c(=O)n21.CC[C@H]1COCC(Br)c2nc(C(=O)OC)c(OS(=O)(=O)c3ccccc3)c(=O)n21.NCc1ccc(F)cc1.[CH3][Al]([CH3])[CH3]. The van der Waals surface area contributed by atoms with E-state index in [0.29, 0.717) is 24.9 Å². The summed E-state index contributed by atoms with van der Waals surface area (Å²) in [5, 5.41) is 2.60. The molecule has 0 radical (unpaired) electrons. The summed E-state index contributed by atoms with van der Waals surface area (Å²) in [5.74, 6) is 3.52. The van der Waals surface area contributed by atoms with Crippen LogP contribution >= 0.6 is 31.9 Å². The molecule has 1 amide bonds. The van der Waals surface area contributed by atoms with Gasteiger partial charge in [-0.05, 0) is 72.5 Å². The average Bonchev–Trinajstić information content (AvgIpc) is 3.76. The van der Waals surface area contributed by atoms with Crippen LogP contribution in [0, 0.1) is 11.6 Å². The van der Waals surface area contributed by atoms with Crippen molar-refractivity contribution in [3.05, 3.63) is 176 Å². The van der Waals surface area contributed by atoms with Crippen molar-refractivity contribution in [2.24, 2.45) is 5.73 Å². The van der Waals surface area contributed by atoms with E-state index >= 15 is 0 Å². The van der Waals surface area contributed by atoms with Gasteiger partial charge in [-0.25, -0.2) is 23.5 Å². The lowest BCUT2D eigenvalue weighted by atomic mass is 10.2. The van der Waals surface area contributed by atoms with Gasteiger partial charge in [0.15, 0.2) is 11.4 Å². The first-order valence-corrected chi connectivity index (χ1v) is 32.5. The van der Waals surface area contributed by atoms with E-state index in [1.807, 2.05) is 13.8 Å². The predicted molar refractivity (Wildman–Crippen MR) is 296 cm³/mol. The maximum atomic E-state index is 13.7. The van der Waals surface area contributed by atoms with Crippen molar-refractivity contribution < 1.29 is 57.8 Å². The van der Waals surface area contributed by atoms with E-state index < -0.39 is 93.7 Å². The Morgan fingerprint density at radius 3 is 1.44 bits per heavy atom. The Kier molecular flexibility index (Phi) is 23.9. The summed E-state index contributed by atoms with van der Waals surface area (Å²) < 4.78 is 106. The fraction of sp³-hybridized carbons (Fsp3) is 0.346. The molecule has 0 bridgehead atoms. The third-order valence-corrected chi connectivity index (χ3v) is 15.0. The number of aromatic nitrogens is 4. The minimum absolute atomic E-state index is 0.0114. The number of halogens is 4. The smallest absolute Gasteiger partial charge is 0.360 e. The number of nitrogens with zero attached hydrogens (tertiary/aromatic N) is 4. The number of carbonyl (C=O) groups excluding carboxylic acids is 2. The fourth-order valence-electron chi connectivity index (χ4n) is 7.25. The number of ether oxygens (including phenoxy) is 3. The van der Waals surface area contributed by atoms with Crippen LogP contribution in [0.5, 0.6) is 11.5 Å². The van der Waals surface area contributed by atoms with Gasteiger partial charge < -0.3 is 33.6 Å². The van der Waals surface area contributed by atoms with Crippen LogP contribution < -0.4 is 30.5 Å². The number of carbonyl (C=O) groups is 2. The summed E-state index contributed by atoms with van der Waals surface area (Å²) in [6.45, 7) is 5.03. The number of methoxy groups -OCH3 is 1. The molecule has 26 heteroatoms. The number of benzene rings is 4. The Morgan fingerprint density at radius 2 is 1.05 bits per heavy atom. The van der Waals surface area contributed by atoms with Crippen molar-refractivity contribution in [3.63, 3.8) is 0 Å². The Labute approximate surface area is 472 Å².